The van der Waals surface area contributed by atoms with Crippen molar-refractivity contribution in [3.8, 4) is 11.8 Å². The molecular weight excluding hydrogens is 382 g/mol. The van der Waals surface area contributed by atoms with Gasteiger partial charge in [-0.3, -0.25) is 14.6 Å². The van der Waals surface area contributed by atoms with E-state index in [0.717, 1.165) is 5.56 Å². The van der Waals surface area contributed by atoms with E-state index in [2.05, 4.69) is 31.8 Å². The maximum absolute atomic E-state index is 12.7. The summed E-state index contributed by atoms with van der Waals surface area (Å²) in [5.41, 5.74) is 2.70. The van der Waals surface area contributed by atoms with Crippen molar-refractivity contribution in [2.75, 3.05) is 17.7 Å². The molecule has 150 valence electrons. The molecule has 0 saturated carbocycles. The SMILES string of the molecule is COc1c(C#N)cccc1Nc1cc(Nc2ccc(C)cn2)nc2[nH]n(C)c(=O)c12. The highest BCUT2D eigenvalue weighted by Gasteiger charge is 2.16. The van der Waals surface area contributed by atoms with E-state index < -0.39 is 0 Å². The van der Waals surface area contributed by atoms with Gasteiger partial charge in [-0.15, -0.1) is 0 Å². The standard InChI is InChI=1S/C21H19N7O2/c1-12-7-8-16(23-11-12)25-17-9-15(18-20(26-17)27-28(2)21(18)29)24-14-6-4-5-13(10-22)19(14)30-3/h4-9,11H,1-3H3,(H3,23,24,25,26,27). The normalized spacial score (nSPS) is 10.6. The molecule has 3 aromatic heterocycles. The second kappa shape index (κ2) is 7.60. The van der Waals surface area contributed by atoms with Gasteiger partial charge in [-0.1, -0.05) is 12.1 Å². The number of fused-ring (bicyclic) bond motifs is 1. The number of H-pyrrole nitrogens is 1. The maximum atomic E-state index is 12.7. The van der Waals surface area contributed by atoms with Crippen LogP contribution in [0.3, 0.4) is 0 Å². The first-order valence-corrected chi connectivity index (χ1v) is 9.13. The van der Waals surface area contributed by atoms with Crippen LogP contribution in [0.25, 0.3) is 11.0 Å². The van der Waals surface area contributed by atoms with Crippen molar-refractivity contribution in [1.82, 2.24) is 19.7 Å². The Morgan fingerprint density at radius 3 is 2.70 bits per heavy atom. The molecule has 30 heavy (non-hydrogen) atoms. The highest BCUT2D eigenvalue weighted by Crippen LogP contribution is 2.33. The molecule has 0 bridgehead atoms. The molecule has 9 heteroatoms. The van der Waals surface area contributed by atoms with E-state index in [4.69, 9.17) is 4.74 Å². The van der Waals surface area contributed by atoms with Crippen molar-refractivity contribution in [2.45, 2.75) is 6.92 Å². The molecule has 4 rings (SSSR count). The molecule has 4 aromatic rings. The summed E-state index contributed by atoms with van der Waals surface area (Å²) in [6, 6.07) is 12.8. The van der Waals surface area contributed by atoms with Crippen molar-refractivity contribution in [1.29, 1.82) is 5.26 Å². The Kier molecular flexibility index (Phi) is 4.82. The summed E-state index contributed by atoms with van der Waals surface area (Å²) >= 11 is 0. The summed E-state index contributed by atoms with van der Waals surface area (Å²) in [6.07, 6.45) is 1.75. The number of nitrogens with one attached hydrogen (secondary N) is 3. The van der Waals surface area contributed by atoms with Crippen molar-refractivity contribution in [3.05, 3.63) is 64.1 Å². The van der Waals surface area contributed by atoms with Gasteiger partial charge in [0.1, 0.15) is 23.1 Å². The van der Waals surface area contributed by atoms with E-state index in [1.807, 2.05) is 19.1 Å². The number of ether oxygens (including phenoxy) is 1. The molecular formula is C21H19N7O2. The lowest BCUT2D eigenvalue weighted by molar-refractivity contribution is 0.415. The second-order valence-electron chi connectivity index (χ2n) is 6.72. The van der Waals surface area contributed by atoms with Crippen LogP contribution in [0.1, 0.15) is 11.1 Å². The number of rotatable bonds is 5. The van der Waals surface area contributed by atoms with Crippen molar-refractivity contribution < 1.29 is 4.74 Å². The van der Waals surface area contributed by atoms with Gasteiger partial charge < -0.3 is 15.4 Å². The van der Waals surface area contributed by atoms with Crippen LogP contribution in [-0.4, -0.2) is 26.9 Å². The van der Waals surface area contributed by atoms with Crippen molar-refractivity contribution in [2.24, 2.45) is 7.05 Å². The maximum Gasteiger partial charge on any atom is 0.277 e. The van der Waals surface area contributed by atoms with E-state index >= 15 is 0 Å². The van der Waals surface area contributed by atoms with Gasteiger partial charge in [-0.2, -0.15) is 5.26 Å². The van der Waals surface area contributed by atoms with Crippen molar-refractivity contribution in [3.63, 3.8) is 0 Å². The molecule has 0 aliphatic rings. The Morgan fingerprint density at radius 2 is 2.00 bits per heavy atom. The molecule has 9 nitrogen and oxygen atoms in total. The molecule has 0 amide bonds. The van der Waals surface area contributed by atoms with Crippen LogP contribution in [0.5, 0.6) is 5.75 Å². The summed E-state index contributed by atoms with van der Waals surface area (Å²) in [5, 5.41) is 19.1. The number of para-hydroxylation sites is 1. The second-order valence-corrected chi connectivity index (χ2v) is 6.72. The zero-order valence-corrected chi connectivity index (χ0v) is 16.6. The zero-order chi connectivity index (χ0) is 21.3. The number of aromatic nitrogens is 4. The Hall–Kier alpha value is -4.32. The summed E-state index contributed by atoms with van der Waals surface area (Å²) in [6.45, 7) is 1.96. The largest absolute Gasteiger partial charge is 0.493 e. The molecule has 0 atom stereocenters. The molecule has 1 aromatic carbocycles. The minimum Gasteiger partial charge on any atom is -0.493 e. The minimum atomic E-state index is -0.226. The Balaban J connectivity index is 1.83. The van der Waals surface area contributed by atoms with Gasteiger partial charge in [-0.05, 0) is 30.7 Å². The van der Waals surface area contributed by atoms with Crippen LogP contribution in [0.4, 0.5) is 23.0 Å². The number of pyridine rings is 2. The lowest BCUT2D eigenvalue weighted by atomic mass is 10.1. The quantitative estimate of drug-likeness (QED) is 0.469. The van der Waals surface area contributed by atoms with Gasteiger partial charge in [0.2, 0.25) is 0 Å². The fourth-order valence-corrected chi connectivity index (χ4v) is 3.14. The van der Waals surface area contributed by atoms with Crippen LogP contribution in [0.15, 0.2) is 47.4 Å². The van der Waals surface area contributed by atoms with Crippen LogP contribution in [-0.2, 0) is 7.05 Å². The van der Waals surface area contributed by atoms with Gasteiger partial charge in [0.05, 0.1) is 24.0 Å². The number of nitriles is 1. The Bertz CT molecular complexity index is 1330. The molecule has 0 aliphatic carbocycles. The number of hydrogen-bond acceptors (Lipinski definition) is 7. The summed E-state index contributed by atoms with van der Waals surface area (Å²) < 4.78 is 6.77. The van der Waals surface area contributed by atoms with E-state index in [0.29, 0.717) is 45.4 Å². The highest BCUT2D eigenvalue weighted by molar-refractivity contribution is 5.93. The predicted octanol–water partition coefficient (Wildman–Crippen LogP) is 3.33. The van der Waals surface area contributed by atoms with Gasteiger partial charge >= 0.3 is 0 Å². The monoisotopic (exact) mass is 401 g/mol. The number of aromatic amines is 1. The van der Waals surface area contributed by atoms with E-state index in [1.165, 1.54) is 11.8 Å². The van der Waals surface area contributed by atoms with E-state index in [-0.39, 0.29) is 5.56 Å². The fraction of sp³-hybridized carbons (Fsp3) is 0.143. The number of aryl methyl sites for hydroxylation is 2. The number of nitrogens with zero attached hydrogens (tertiary/aromatic N) is 4. The molecule has 3 heterocycles. The topological polar surface area (TPSA) is 121 Å². The third-order valence-corrected chi connectivity index (χ3v) is 4.59. The molecule has 0 unspecified atom stereocenters. The Morgan fingerprint density at radius 1 is 1.17 bits per heavy atom. The van der Waals surface area contributed by atoms with Crippen LogP contribution in [0.2, 0.25) is 0 Å². The number of anilines is 4. The number of hydrogen-bond donors (Lipinski definition) is 3. The molecule has 3 N–H and O–H groups in total. The molecule has 0 fully saturated rings. The first-order valence-electron chi connectivity index (χ1n) is 9.13. The van der Waals surface area contributed by atoms with Crippen LogP contribution >= 0.6 is 0 Å². The third-order valence-electron chi connectivity index (χ3n) is 4.59. The molecule has 0 spiro atoms. The van der Waals surface area contributed by atoms with E-state index in [9.17, 15) is 10.1 Å². The minimum absolute atomic E-state index is 0.226. The summed E-state index contributed by atoms with van der Waals surface area (Å²) in [5.74, 6) is 1.52. The van der Waals surface area contributed by atoms with Gasteiger partial charge in [-0.25, -0.2) is 9.97 Å². The lowest BCUT2D eigenvalue weighted by Gasteiger charge is -2.14. The van der Waals surface area contributed by atoms with Gasteiger partial charge in [0.25, 0.3) is 5.56 Å². The van der Waals surface area contributed by atoms with Crippen LogP contribution < -0.4 is 20.9 Å². The fourth-order valence-electron chi connectivity index (χ4n) is 3.14. The molecule has 0 saturated heterocycles. The predicted molar refractivity (Wildman–Crippen MR) is 115 cm³/mol. The lowest BCUT2D eigenvalue weighted by Crippen LogP contribution is -2.12. The first kappa shape index (κ1) is 19.0. The van der Waals surface area contributed by atoms with Crippen molar-refractivity contribution >= 4 is 34.0 Å². The summed E-state index contributed by atoms with van der Waals surface area (Å²) in [4.78, 5) is 21.5. The number of methoxy groups -OCH3 is 1. The molecule has 0 aliphatic heterocycles. The number of benzene rings is 1. The average Bonchev–Trinajstić information content (AvgIpc) is 3.03. The molecule has 0 radical (unpaired) electrons. The van der Waals surface area contributed by atoms with Gasteiger partial charge in [0, 0.05) is 19.3 Å². The zero-order valence-electron chi connectivity index (χ0n) is 16.6. The van der Waals surface area contributed by atoms with Gasteiger partial charge in [0.15, 0.2) is 11.4 Å². The average molecular weight is 401 g/mol. The highest BCUT2D eigenvalue weighted by atomic mass is 16.5. The summed E-state index contributed by atoms with van der Waals surface area (Å²) in [7, 11) is 3.12. The van der Waals surface area contributed by atoms with E-state index in [1.54, 1.807) is 37.5 Å². The first-order chi connectivity index (χ1) is 14.5. The third kappa shape index (κ3) is 3.42. The Labute approximate surface area is 172 Å². The smallest absolute Gasteiger partial charge is 0.277 e. The van der Waals surface area contributed by atoms with Crippen LogP contribution in [0, 0.1) is 18.3 Å².